The van der Waals surface area contributed by atoms with Gasteiger partial charge >= 0.3 is 11.8 Å². The summed E-state index contributed by atoms with van der Waals surface area (Å²) in [5.74, 6) is -7.00. The topological polar surface area (TPSA) is 191 Å². The van der Waals surface area contributed by atoms with Gasteiger partial charge in [0, 0.05) is 61.8 Å². The van der Waals surface area contributed by atoms with Crippen LogP contribution >= 0.6 is 0 Å². The predicted octanol–water partition coefficient (Wildman–Crippen LogP) is 4.30. The highest BCUT2D eigenvalue weighted by molar-refractivity contribution is 6.16. The second-order valence-corrected chi connectivity index (χ2v) is 13.1. The highest BCUT2D eigenvalue weighted by Crippen LogP contribution is 2.46. The zero-order valence-electron chi connectivity index (χ0n) is 29.1. The van der Waals surface area contributed by atoms with E-state index >= 15 is 0 Å². The minimum absolute atomic E-state index is 0.0639. The number of carbonyl (C=O) groups is 3. The molecular formula is C36H45NO12. The Hall–Kier alpha value is -4.46. The summed E-state index contributed by atoms with van der Waals surface area (Å²) in [6.45, 7) is 12.5. The number of benzene rings is 1. The van der Waals surface area contributed by atoms with E-state index in [4.69, 9.17) is 23.4 Å². The van der Waals surface area contributed by atoms with Gasteiger partial charge in [-0.05, 0) is 19.9 Å². The van der Waals surface area contributed by atoms with Gasteiger partial charge in [0.05, 0.1) is 35.5 Å². The van der Waals surface area contributed by atoms with E-state index in [1.807, 2.05) is 0 Å². The van der Waals surface area contributed by atoms with E-state index in [1.54, 1.807) is 39.8 Å². The van der Waals surface area contributed by atoms with Gasteiger partial charge in [-0.3, -0.25) is 24.5 Å². The van der Waals surface area contributed by atoms with Crippen molar-refractivity contribution in [1.29, 1.82) is 0 Å². The van der Waals surface area contributed by atoms with E-state index < -0.39 is 82.7 Å². The molecule has 0 saturated heterocycles. The average Bonchev–Trinajstić information content (AvgIpc) is 3.31. The summed E-state index contributed by atoms with van der Waals surface area (Å²) >= 11 is 0. The third-order valence-electron chi connectivity index (χ3n) is 9.47. The van der Waals surface area contributed by atoms with Crippen LogP contribution in [0.4, 0.5) is 5.88 Å². The molecule has 13 heteroatoms. The summed E-state index contributed by atoms with van der Waals surface area (Å²) < 4.78 is 28.9. The van der Waals surface area contributed by atoms with Gasteiger partial charge in [-0.1, -0.05) is 45.9 Å². The van der Waals surface area contributed by atoms with Crippen LogP contribution in [0, 0.1) is 30.6 Å². The molecule has 1 aromatic heterocycles. The molecule has 5 bridgehead atoms. The number of phenolic OH excluding ortho intramolecular Hbond substituents is 1. The SMILES string of the molecule is COC1C=COC2(C)Oc3c(C)c(O)c4oc(cc(=O)c4c3C2=O)NC(=O)C(C)=CC=CC(C)C(O)C(C)C(O)C(C)C(OC(C)=O)C1C. The smallest absolute Gasteiger partial charge is 0.312 e. The lowest BCUT2D eigenvalue weighted by molar-refractivity contribution is -0.160. The van der Waals surface area contributed by atoms with Crippen LogP contribution in [0.3, 0.4) is 0 Å². The number of anilines is 1. The number of carbonyl (C=O) groups excluding carboxylic acids is 3. The van der Waals surface area contributed by atoms with Gasteiger partial charge in [-0.2, -0.15) is 0 Å². The first-order valence-corrected chi connectivity index (χ1v) is 16.1. The average molecular weight is 684 g/mol. The quantitative estimate of drug-likeness (QED) is 0.329. The van der Waals surface area contributed by atoms with Crippen molar-refractivity contribution in [1.82, 2.24) is 0 Å². The van der Waals surface area contributed by atoms with Crippen LogP contribution in [-0.4, -0.2) is 70.3 Å². The third-order valence-corrected chi connectivity index (χ3v) is 9.47. The number of amides is 1. The fraction of sp³-hybridized carbons (Fsp3) is 0.500. The minimum Gasteiger partial charge on any atom is -0.504 e. The molecule has 4 N–H and O–H groups in total. The molecule has 0 fully saturated rings. The van der Waals surface area contributed by atoms with E-state index in [1.165, 1.54) is 53.2 Å². The Morgan fingerprint density at radius 3 is 2.31 bits per heavy atom. The highest BCUT2D eigenvalue weighted by Gasteiger charge is 2.49. The van der Waals surface area contributed by atoms with Crippen LogP contribution in [0.2, 0.25) is 0 Å². The molecule has 13 nitrogen and oxygen atoms in total. The van der Waals surface area contributed by atoms with Crippen molar-refractivity contribution in [2.75, 3.05) is 12.4 Å². The molecule has 0 aliphatic carbocycles. The van der Waals surface area contributed by atoms with Gasteiger partial charge in [0.2, 0.25) is 5.88 Å². The molecule has 9 atom stereocenters. The Morgan fingerprint density at radius 1 is 1.00 bits per heavy atom. The normalized spacial score (nSPS) is 31.3. The summed E-state index contributed by atoms with van der Waals surface area (Å²) in [5.41, 5.74) is -0.847. The first kappa shape index (κ1) is 37.4. The summed E-state index contributed by atoms with van der Waals surface area (Å²) in [6.07, 6.45) is 3.71. The second kappa shape index (κ2) is 14.6. The number of aromatic hydroxyl groups is 1. The van der Waals surface area contributed by atoms with Gasteiger partial charge in [0.1, 0.15) is 11.9 Å². The number of allylic oxidation sites excluding steroid dienone is 2. The minimum atomic E-state index is -1.96. The number of ketones is 1. The second-order valence-electron chi connectivity index (χ2n) is 13.1. The first-order valence-electron chi connectivity index (χ1n) is 16.1. The number of fused-ring (bicyclic) bond motifs is 14. The molecule has 0 radical (unpaired) electrons. The maximum absolute atomic E-state index is 13.8. The maximum Gasteiger partial charge on any atom is 0.312 e. The van der Waals surface area contributed by atoms with E-state index in [0.717, 1.165) is 6.07 Å². The number of ether oxygens (including phenoxy) is 4. The number of esters is 1. The van der Waals surface area contributed by atoms with Crippen LogP contribution in [0.1, 0.15) is 64.4 Å². The monoisotopic (exact) mass is 683 g/mol. The number of hydrogen-bond acceptors (Lipinski definition) is 12. The number of hydrogen-bond donors (Lipinski definition) is 4. The van der Waals surface area contributed by atoms with Gasteiger partial charge in [-0.25, -0.2) is 0 Å². The van der Waals surface area contributed by atoms with Crippen LogP contribution < -0.4 is 15.5 Å². The molecule has 1 amide bonds. The number of aliphatic hydroxyl groups is 2. The van der Waals surface area contributed by atoms with Crippen LogP contribution in [0.15, 0.2) is 51.4 Å². The Bertz CT molecular complexity index is 1770. The summed E-state index contributed by atoms with van der Waals surface area (Å²) in [7, 11) is 1.44. The van der Waals surface area contributed by atoms with E-state index in [2.05, 4.69) is 5.32 Å². The lowest BCUT2D eigenvalue weighted by Gasteiger charge is -2.38. The van der Waals surface area contributed by atoms with E-state index in [9.17, 15) is 34.5 Å². The maximum atomic E-state index is 13.8. The van der Waals surface area contributed by atoms with Crippen molar-refractivity contribution in [2.45, 2.75) is 85.6 Å². The molecule has 49 heavy (non-hydrogen) atoms. The van der Waals surface area contributed by atoms with Crippen molar-refractivity contribution >= 4 is 34.5 Å². The Morgan fingerprint density at radius 2 is 1.67 bits per heavy atom. The number of rotatable bonds is 2. The molecule has 3 aliphatic rings. The van der Waals surface area contributed by atoms with E-state index in [-0.39, 0.29) is 39.3 Å². The molecular weight excluding hydrogens is 638 g/mol. The molecule has 0 saturated carbocycles. The van der Waals surface area contributed by atoms with Gasteiger partial charge in [0.15, 0.2) is 16.8 Å². The van der Waals surface area contributed by atoms with E-state index in [0.29, 0.717) is 0 Å². The molecule has 5 rings (SSSR count). The summed E-state index contributed by atoms with van der Waals surface area (Å²) in [4.78, 5) is 52.4. The van der Waals surface area contributed by atoms with Crippen molar-refractivity contribution in [3.63, 3.8) is 0 Å². The zero-order valence-corrected chi connectivity index (χ0v) is 29.1. The molecule has 4 heterocycles. The molecule has 9 unspecified atom stereocenters. The van der Waals surface area contributed by atoms with Gasteiger partial charge in [-0.15, -0.1) is 0 Å². The van der Waals surface area contributed by atoms with Crippen molar-refractivity contribution < 1.29 is 53.1 Å². The highest BCUT2D eigenvalue weighted by atomic mass is 16.7. The lowest BCUT2D eigenvalue weighted by atomic mass is 9.78. The lowest BCUT2D eigenvalue weighted by Crippen LogP contribution is -2.46. The Kier molecular flexibility index (Phi) is 11.1. The van der Waals surface area contributed by atoms with Crippen molar-refractivity contribution in [3.05, 3.63) is 63.6 Å². The molecule has 1 aromatic carbocycles. The molecule has 266 valence electrons. The Labute approximate surface area is 284 Å². The van der Waals surface area contributed by atoms with Crippen LogP contribution in [-0.2, 0) is 23.8 Å². The van der Waals surface area contributed by atoms with Crippen LogP contribution in [0.5, 0.6) is 11.5 Å². The number of phenols is 1. The zero-order chi connectivity index (χ0) is 36.5. The first-order chi connectivity index (χ1) is 22.9. The molecule has 0 spiro atoms. The van der Waals surface area contributed by atoms with Gasteiger partial charge < -0.3 is 38.7 Å². The van der Waals surface area contributed by atoms with Crippen molar-refractivity contribution in [2.24, 2.45) is 23.7 Å². The summed E-state index contributed by atoms with van der Waals surface area (Å²) in [5, 5.41) is 35.8. The standard InChI is InChI=1S/C36H45NO12/c1-16-11-10-12-17(2)35(44)37-25-15-23(39)26-27-32(21(6)30(42)33(26)48-25)49-36(8,34(27)43)46-14-13-24(45-9)18(3)31(47-22(7)38)20(5)29(41)19(4)28(16)40/h10-16,18-20,24,28-29,31,40-42H,1-9H3,(H,37,44). The Balaban J connectivity index is 1.84. The van der Waals surface area contributed by atoms with Crippen molar-refractivity contribution in [3.8, 4) is 11.5 Å². The third kappa shape index (κ3) is 7.29. The summed E-state index contributed by atoms with van der Waals surface area (Å²) in [6, 6.07) is 0.997. The number of methoxy groups -OCH3 is 1. The number of nitrogens with one attached hydrogen (secondary N) is 1. The fourth-order valence-corrected chi connectivity index (χ4v) is 6.34. The largest absolute Gasteiger partial charge is 0.504 e. The number of aliphatic hydroxyl groups excluding tert-OH is 2. The predicted molar refractivity (Wildman–Crippen MR) is 179 cm³/mol. The number of Topliss-reactive ketones (excluding diaryl/α,β-unsaturated/α-hetero) is 1. The van der Waals surface area contributed by atoms with Gasteiger partial charge in [0.25, 0.3) is 11.7 Å². The fourth-order valence-electron chi connectivity index (χ4n) is 6.34. The molecule has 3 aliphatic heterocycles. The molecule has 2 aromatic rings. The van der Waals surface area contributed by atoms with Crippen LogP contribution in [0.25, 0.3) is 11.0 Å².